The van der Waals surface area contributed by atoms with Crippen molar-refractivity contribution in [1.29, 1.82) is 0 Å². The van der Waals surface area contributed by atoms with Crippen LogP contribution in [0.4, 0.5) is 34.1 Å². The molecule has 0 aliphatic carbocycles. The summed E-state index contributed by atoms with van der Waals surface area (Å²) in [4.78, 5) is 4.72. The van der Waals surface area contributed by atoms with Gasteiger partial charge in [0.15, 0.2) is 11.5 Å². The van der Waals surface area contributed by atoms with E-state index in [0.29, 0.717) is 0 Å². The summed E-state index contributed by atoms with van der Waals surface area (Å²) in [6.45, 7) is 4.64. The Balaban J connectivity index is 1.14. The van der Waals surface area contributed by atoms with E-state index in [0.717, 1.165) is 39.9 Å². The fourth-order valence-electron chi connectivity index (χ4n) is 7.43. The Bertz CT molecular complexity index is 2270. The van der Waals surface area contributed by atoms with Gasteiger partial charge in [-0.25, -0.2) is 0 Å². The molecule has 0 bridgehead atoms. The van der Waals surface area contributed by atoms with Crippen LogP contribution in [-0.2, 0) is 5.41 Å². The van der Waals surface area contributed by atoms with Crippen LogP contribution >= 0.6 is 0 Å². The maximum absolute atomic E-state index is 6.45. The predicted molar refractivity (Wildman–Crippen MR) is 199 cm³/mol. The molecule has 0 fully saturated rings. The SMILES string of the molecule is CC1(C)c2ccc(-c3cccc(-c4cccc(N(c5ccccc5)c5ccccc5)c4)c3)cc2N2c3ccccc3Oc3cccc1c32. The number of fused-ring (bicyclic) bond motifs is 4. The highest BCUT2D eigenvalue weighted by atomic mass is 16.5. The highest BCUT2D eigenvalue weighted by Gasteiger charge is 2.41. The van der Waals surface area contributed by atoms with Gasteiger partial charge in [0, 0.05) is 22.5 Å². The van der Waals surface area contributed by atoms with E-state index in [1.807, 2.05) is 6.07 Å². The van der Waals surface area contributed by atoms with Crippen LogP contribution in [0.15, 0.2) is 170 Å². The van der Waals surface area contributed by atoms with Gasteiger partial charge in [0.05, 0.1) is 17.1 Å². The minimum absolute atomic E-state index is 0.184. The molecule has 0 aromatic heterocycles. The third-order valence-corrected chi connectivity index (χ3v) is 9.80. The number of ether oxygens (including phenoxy) is 1. The first kappa shape index (κ1) is 28.2. The van der Waals surface area contributed by atoms with Crippen LogP contribution in [0.1, 0.15) is 25.0 Å². The van der Waals surface area contributed by atoms with Gasteiger partial charge in [0.1, 0.15) is 0 Å². The zero-order valence-corrected chi connectivity index (χ0v) is 27.0. The summed E-state index contributed by atoms with van der Waals surface area (Å²) in [7, 11) is 0. The molecule has 2 aliphatic rings. The lowest BCUT2D eigenvalue weighted by Gasteiger charge is -2.45. The van der Waals surface area contributed by atoms with Gasteiger partial charge in [-0.2, -0.15) is 0 Å². The summed E-state index contributed by atoms with van der Waals surface area (Å²) >= 11 is 0. The minimum Gasteiger partial charge on any atom is -0.453 e. The third kappa shape index (κ3) is 4.51. The van der Waals surface area contributed by atoms with Gasteiger partial charge in [-0.05, 0) is 100 Å². The lowest BCUT2D eigenvalue weighted by Crippen LogP contribution is -2.32. The van der Waals surface area contributed by atoms with Crippen molar-refractivity contribution < 1.29 is 4.74 Å². The zero-order chi connectivity index (χ0) is 32.2. The van der Waals surface area contributed by atoms with Crippen molar-refractivity contribution in [2.75, 3.05) is 9.80 Å². The summed E-state index contributed by atoms with van der Waals surface area (Å²) in [5, 5.41) is 0. The van der Waals surface area contributed by atoms with Gasteiger partial charge in [0.2, 0.25) is 0 Å². The van der Waals surface area contributed by atoms with Gasteiger partial charge >= 0.3 is 0 Å². The molecule has 0 unspecified atom stereocenters. The topological polar surface area (TPSA) is 15.7 Å². The Hall–Kier alpha value is -6.06. The largest absolute Gasteiger partial charge is 0.453 e. The molecule has 0 saturated heterocycles. The average Bonchev–Trinajstić information content (AvgIpc) is 3.14. The van der Waals surface area contributed by atoms with Gasteiger partial charge in [0.25, 0.3) is 0 Å². The molecule has 0 amide bonds. The van der Waals surface area contributed by atoms with E-state index in [9.17, 15) is 0 Å². The summed E-state index contributed by atoms with van der Waals surface area (Å²) in [6.07, 6.45) is 0. The first-order valence-corrected chi connectivity index (χ1v) is 16.5. The fourth-order valence-corrected chi connectivity index (χ4v) is 7.43. The van der Waals surface area contributed by atoms with Crippen LogP contribution in [0.25, 0.3) is 22.3 Å². The van der Waals surface area contributed by atoms with Crippen LogP contribution < -0.4 is 14.5 Å². The van der Waals surface area contributed by atoms with E-state index in [1.54, 1.807) is 0 Å². The second kappa shape index (κ2) is 11.0. The van der Waals surface area contributed by atoms with Crippen molar-refractivity contribution >= 4 is 34.1 Å². The quantitative estimate of drug-likeness (QED) is 0.191. The van der Waals surface area contributed by atoms with Crippen molar-refractivity contribution in [3.8, 4) is 33.8 Å². The molecule has 48 heavy (non-hydrogen) atoms. The number of rotatable bonds is 5. The molecule has 7 aromatic carbocycles. The molecule has 3 nitrogen and oxygen atoms in total. The molecule has 9 rings (SSSR count). The molecule has 0 radical (unpaired) electrons. The molecule has 0 atom stereocenters. The highest BCUT2D eigenvalue weighted by Crippen LogP contribution is 2.60. The number of nitrogens with zero attached hydrogens (tertiary/aromatic N) is 2. The van der Waals surface area contributed by atoms with Gasteiger partial charge < -0.3 is 14.5 Å². The summed E-state index contributed by atoms with van der Waals surface area (Å²) in [5.74, 6) is 1.78. The van der Waals surface area contributed by atoms with Gasteiger partial charge in [-0.15, -0.1) is 0 Å². The third-order valence-electron chi connectivity index (χ3n) is 9.80. The van der Waals surface area contributed by atoms with Gasteiger partial charge in [-0.1, -0.05) is 117 Å². The van der Waals surface area contributed by atoms with Crippen LogP contribution in [0.5, 0.6) is 11.5 Å². The van der Waals surface area contributed by atoms with Crippen LogP contribution in [0, 0.1) is 0 Å². The highest BCUT2D eigenvalue weighted by molar-refractivity contribution is 5.94. The van der Waals surface area contributed by atoms with Crippen molar-refractivity contribution in [1.82, 2.24) is 0 Å². The molecule has 3 heteroatoms. The Morgan fingerprint density at radius 3 is 1.73 bits per heavy atom. The van der Waals surface area contributed by atoms with E-state index < -0.39 is 0 Å². The summed E-state index contributed by atoms with van der Waals surface area (Å²) in [6, 6.07) is 60.6. The van der Waals surface area contributed by atoms with Gasteiger partial charge in [-0.3, -0.25) is 0 Å². The summed E-state index contributed by atoms with van der Waals surface area (Å²) < 4.78 is 6.45. The van der Waals surface area contributed by atoms with E-state index in [2.05, 4.69) is 187 Å². The predicted octanol–water partition coefficient (Wildman–Crippen LogP) is 12.7. The first-order chi connectivity index (χ1) is 23.6. The zero-order valence-electron chi connectivity index (χ0n) is 27.0. The lowest BCUT2D eigenvalue weighted by molar-refractivity contribution is 0.471. The first-order valence-electron chi connectivity index (χ1n) is 16.5. The molecule has 0 saturated carbocycles. The Labute approximate surface area is 281 Å². The van der Waals surface area contributed by atoms with E-state index in [4.69, 9.17) is 4.74 Å². The average molecular weight is 619 g/mol. The molecule has 2 aliphatic heterocycles. The molecule has 0 spiro atoms. The lowest BCUT2D eigenvalue weighted by atomic mass is 9.72. The number of benzene rings is 7. The second-order valence-electron chi connectivity index (χ2n) is 13.1. The number of anilines is 6. The Morgan fingerprint density at radius 2 is 1.00 bits per heavy atom. The Morgan fingerprint density at radius 1 is 0.438 bits per heavy atom. The maximum Gasteiger partial charge on any atom is 0.151 e. The molecule has 7 aromatic rings. The molecule has 230 valence electrons. The van der Waals surface area contributed by atoms with Crippen molar-refractivity contribution in [3.05, 3.63) is 181 Å². The van der Waals surface area contributed by atoms with Crippen molar-refractivity contribution in [2.45, 2.75) is 19.3 Å². The van der Waals surface area contributed by atoms with Crippen molar-refractivity contribution in [3.63, 3.8) is 0 Å². The van der Waals surface area contributed by atoms with Crippen LogP contribution in [-0.4, -0.2) is 0 Å². The standard InChI is InChI=1S/C45H34N2O/c1-45(2)38-27-26-34(30-41(38)47-40-23-9-10-24-42(40)48-43-25-13-22-39(45)44(43)47)32-15-11-14-31(28-32)33-16-12-21-37(29-33)46(35-17-5-3-6-18-35)36-19-7-4-8-20-36/h3-30H,1-2H3. The monoisotopic (exact) mass is 618 g/mol. The number of para-hydroxylation sites is 5. The van der Waals surface area contributed by atoms with Crippen LogP contribution in [0.2, 0.25) is 0 Å². The summed E-state index contributed by atoms with van der Waals surface area (Å²) in [5.41, 5.74) is 13.9. The van der Waals surface area contributed by atoms with Crippen LogP contribution in [0.3, 0.4) is 0 Å². The molecular formula is C45H34N2O. The Kier molecular flexibility index (Phi) is 6.48. The molecular weight excluding hydrogens is 585 g/mol. The normalized spacial score (nSPS) is 13.5. The smallest absolute Gasteiger partial charge is 0.151 e. The van der Waals surface area contributed by atoms with E-state index >= 15 is 0 Å². The fraction of sp³-hybridized carbons (Fsp3) is 0.0667. The minimum atomic E-state index is -0.184. The second-order valence-corrected chi connectivity index (χ2v) is 13.1. The molecule has 0 N–H and O–H groups in total. The van der Waals surface area contributed by atoms with Crippen molar-refractivity contribution in [2.24, 2.45) is 0 Å². The molecule has 2 heterocycles. The number of hydrogen-bond donors (Lipinski definition) is 0. The number of hydrogen-bond acceptors (Lipinski definition) is 3. The maximum atomic E-state index is 6.45. The van der Waals surface area contributed by atoms with E-state index in [1.165, 1.54) is 39.1 Å². The van der Waals surface area contributed by atoms with E-state index in [-0.39, 0.29) is 5.41 Å².